The van der Waals surface area contributed by atoms with Crippen LogP contribution in [0.25, 0.3) is 0 Å². The molecule has 0 aliphatic carbocycles. The van der Waals surface area contributed by atoms with Gasteiger partial charge in [0, 0.05) is 25.9 Å². The number of halogens is 3. The van der Waals surface area contributed by atoms with Crippen molar-refractivity contribution in [1.29, 1.82) is 0 Å². The highest BCUT2D eigenvalue weighted by atomic mass is 19.4. The highest BCUT2D eigenvalue weighted by Crippen LogP contribution is 2.35. The van der Waals surface area contributed by atoms with Gasteiger partial charge in [0.15, 0.2) is 6.10 Å². The maximum absolute atomic E-state index is 13.1. The summed E-state index contributed by atoms with van der Waals surface area (Å²) in [6, 6.07) is 7.54. The summed E-state index contributed by atoms with van der Waals surface area (Å²) in [6.07, 6.45) is -4.64. The zero-order valence-electron chi connectivity index (χ0n) is 12.9. The van der Waals surface area contributed by atoms with Gasteiger partial charge in [-0.1, -0.05) is 18.2 Å². The molecule has 128 valence electrons. The summed E-state index contributed by atoms with van der Waals surface area (Å²) in [5, 5.41) is 2.31. The van der Waals surface area contributed by atoms with E-state index in [9.17, 15) is 22.8 Å². The number of carbonyl (C=O) groups is 1. The average molecular weight is 340 g/mol. The summed E-state index contributed by atoms with van der Waals surface area (Å²) >= 11 is 0. The van der Waals surface area contributed by atoms with E-state index >= 15 is 0 Å². The van der Waals surface area contributed by atoms with Crippen LogP contribution in [0.5, 0.6) is 0 Å². The van der Waals surface area contributed by atoms with Gasteiger partial charge >= 0.3 is 6.18 Å². The van der Waals surface area contributed by atoms with Gasteiger partial charge in [0.25, 0.3) is 11.5 Å². The van der Waals surface area contributed by atoms with E-state index in [1.807, 2.05) is 0 Å². The van der Waals surface area contributed by atoms with Gasteiger partial charge in [-0.2, -0.15) is 13.2 Å². The monoisotopic (exact) mass is 340 g/mol. The van der Waals surface area contributed by atoms with Crippen LogP contribution in [-0.2, 0) is 22.8 Å². The van der Waals surface area contributed by atoms with Crippen molar-refractivity contribution in [3.8, 4) is 0 Å². The van der Waals surface area contributed by atoms with E-state index in [0.29, 0.717) is 0 Å². The highest BCUT2D eigenvalue weighted by molar-refractivity contribution is 5.95. The smallest absolute Gasteiger partial charge is 0.367 e. The van der Waals surface area contributed by atoms with E-state index in [1.165, 1.54) is 48.1 Å². The number of amides is 1. The highest BCUT2D eigenvalue weighted by Gasteiger charge is 2.37. The average Bonchev–Trinajstić information content (AvgIpc) is 2.52. The van der Waals surface area contributed by atoms with Gasteiger partial charge in [0.05, 0.1) is 5.56 Å². The number of nitrogens with zero attached hydrogens (tertiary/aromatic N) is 1. The third kappa shape index (κ3) is 3.65. The van der Waals surface area contributed by atoms with Crippen LogP contribution >= 0.6 is 0 Å². The molecule has 1 unspecified atom stereocenters. The minimum atomic E-state index is -4.63. The van der Waals surface area contributed by atoms with Crippen LogP contribution in [-0.4, -0.2) is 17.6 Å². The largest absolute Gasteiger partial charge is 0.416 e. The quantitative estimate of drug-likeness (QED) is 0.931. The Morgan fingerprint density at radius 1 is 1.21 bits per heavy atom. The third-order valence-electron chi connectivity index (χ3n) is 3.40. The normalized spacial score (nSPS) is 12.7. The fourth-order valence-electron chi connectivity index (χ4n) is 2.25. The van der Waals surface area contributed by atoms with Crippen molar-refractivity contribution in [1.82, 2.24) is 4.57 Å². The van der Waals surface area contributed by atoms with Gasteiger partial charge in [-0.25, -0.2) is 0 Å². The van der Waals surface area contributed by atoms with Crippen LogP contribution in [0, 0.1) is 0 Å². The lowest BCUT2D eigenvalue weighted by Gasteiger charge is -2.20. The van der Waals surface area contributed by atoms with Crippen molar-refractivity contribution < 1.29 is 22.7 Å². The van der Waals surface area contributed by atoms with Crippen molar-refractivity contribution in [2.75, 3.05) is 12.4 Å². The second-order valence-electron chi connectivity index (χ2n) is 5.03. The summed E-state index contributed by atoms with van der Waals surface area (Å²) in [4.78, 5) is 24.2. The molecule has 2 aromatic rings. The molecule has 0 aliphatic rings. The van der Waals surface area contributed by atoms with Crippen molar-refractivity contribution >= 4 is 11.6 Å². The van der Waals surface area contributed by atoms with E-state index in [4.69, 9.17) is 4.74 Å². The molecule has 24 heavy (non-hydrogen) atoms. The number of nitrogens with one attached hydrogen (secondary N) is 1. The predicted octanol–water partition coefficient (Wildman–Crippen LogP) is 2.73. The van der Waals surface area contributed by atoms with Gasteiger partial charge in [0.2, 0.25) is 0 Å². The molecule has 0 radical (unpaired) electrons. The molecule has 0 fully saturated rings. The molecule has 8 heteroatoms. The van der Waals surface area contributed by atoms with Gasteiger partial charge < -0.3 is 14.6 Å². The maximum atomic E-state index is 13.1. The molecule has 0 spiro atoms. The molecule has 0 aliphatic heterocycles. The van der Waals surface area contributed by atoms with Gasteiger partial charge in [-0.15, -0.1) is 0 Å². The van der Waals surface area contributed by atoms with E-state index in [1.54, 1.807) is 0 Å². The predicted molar refractivity (Wildman–Crippen MR) is 81.5 cm³/mol. The Bertz CT molecular complexity index is 800. The Morgan fingerprint density at radius 3 is 2.50 bits per heavy atom. The first-order valence-corrected chi connectivity index (χ1v) is 6.91. The second kappa shape index (κ2) is 6.88. The van der Waals surface area contributed by atoms with Crippen molar-refractivity contribution in [2.45, 2.75) is 12.3 Å². The molecule has 2 rings (SSSR count). The fourth-order valence-corrected chi connectivity index (χ4v) is 2.25. The molecule has 1 N–H and O–H groups in total. The summed E-state index contributed by atoms with van der Waals surface area (Å²) in [5.41, 5.74) is -1.81. The lowest BCUT2D eigenvalue weighted by molar-refractivity contribution is -0.140. The first kappa shape index (κ1) is 17.7. The minimum absolute atomic E-state index is 0.0449. The van der Waals surface area contributed by atoms with Crippen LogP contribution in [0.4, 0.5) is 18.9 Å². The summed E-state index contributed by atoms with van der Waals surface area (Å²) in [7, 11) is 2.62. The van der Waals surface area contributed by atoms with Crippen LogP contribution < -0.4 is 10.9 Å². The molecule has 1 atom stereocenters. The number of methoxy groups -OCH3 is 1. The van der Waals surface area contributed by atoms with Crippen molar-refractivity contribution in [3.63, 3.8) is 0 Å². The van der Waals surface area contributed by atoms with E-state index in [-0.39, 0.29) is 11.3 Å². The third-order valence-corrected chi connectivity index (χ3v) is 3.40. The van der Waals surface area contributed by atoms with E-state index < -0.39 is 29.3 Å². The van der Waals surface area contributed by atoms with Gasteiger partial charge in [0.1, 0.15) is 5.69 Å². The Hall–Kier alpha value is -2.61. The number of anilines is 1. The first-order valence-electron chi connectivity index (χ1n) is 6.91. The number of benzene rings is 1. The van der Waals surface area contributed by atoms with E-state index in [0.717, 1.165) is 13.2 Å². The molecular weight excluding hydrogens is 325 g/mol. The lowest BCUT2D eigenvalue weighted by atomic mass is 10.0. The van der Waals surface area contributed by atoms with Gasteiger partial charge in [-0.05, 0) is 18.2 Å². The van der Waals surface area contributed by atoms with Crippen molar-refractivity contribution in [3.05, 3.63) is 64.1 Å². The number of carbonyl (C=O) groups excluding carboxylic acids is 1. The summed E-state index contributed by atoms with van der Waals surface area (Å²) in [5.74, 6) is -0.863. The zero-order chi connectivity index (χ0) is 17.9. The Balaban J connectivity index is 2.37. The number of aryl methyl sites for hydroxylation is 1. The van der Waals surface area contributed by atoms with Crippen LogP contribution in [0.3, 0.4) is 0 Å². The number of ether oxygens (including phenoxy) is 1. The number of pyridine rings is 1. The molecule has 1 aromatic carbocycles. The van der Waals surface area contributed by atoms with Crippen LogP contribution in [0.2, 0.25) is 0 Å². The molecule has 1 aromatic heterocycles. The standard InChI is InChI=1S/C16H15F3N2O3/c1-21-9-5-8-12(15(21)23)20-14(22)13(24-2)10-6-3-4-7-11(10)16(17,18)19/h3-9,13H,1-2H3,(H,20,22). The molecule has 0 bridgehead atoms. The number of hydrogen-bond acceptors (Lipinski definition) is 3. The number of rotatable bonds is 4. The Kier molecular flexibility index (Phi) is 5.08. The van der Waals surface area contributed by atoms with Crippen LogP contribution in [0.1, 0.15) is 17.2 Å². The minimum Gasteiger partial charge on any atom is -0.367 e. The SMILES string of the molecule is COC(C(=O)Nc1cccn(C)c1=O)c1ccccc1C(F)(F)F. The second-order valence-corrected chi connectivity index (χ2v) is 5.03. The number of aromatic nitrogens is 1. The zero-order valence-corrected chi connectivity index (χ0v) is 12.9. The topological polar surface area (TPSA) is 60.3 Å². The van der Waals surface area contributed by atoms with Crippen LogP contribution in [0.15, 0.2) is 47.4 Å². The Morgan fingerprint density at radius 2 is 1.88 bits per heavy atom. The number of alkyl halides is 3. The fraction of sp³-hybridized carbons (Fsp3) is 0.250. The summed E-state index contributed by atoms with van der Waals surface area (Å²) < 4.78 is 45.5. The molecule has 1 heterocycles. The number of hydrogen-bond donors (Lipinski definition) is 1. The molecule has 0 saturated heterocycles. The van der Waals surface area contributed by atoms with Crippen molar-refractivity contribution in [2.24, 2.45) is 7.05 Å². The first-order chi connectivity index (χ1) is 11.3. The molecular formula is C16H15F3N2O3. The summed E-state index contributed by atoms with van der Waals surface area (Å²) in [6.45, 7) is 0. The van der Waals surface area contributed by atoms with E-state index in [2.05, 4.69) is 5.32 Å². The Labute approximate surface area is 135 Å². The lowest BCUT2D eigenvalue weighted by Crippen LogP contribution is -2.29. The molecule has 1 amide bonds. The molecule has 0 saturated carbocycles. The van der Waals surface area contributed by atoms with Gasteiger partial charge in [-0.3, -0.25) is 9.59 Å². The molecule has 5 nitrogen and oxygen atoms in total. The maximum Gasteiger partial charge on any atom is 0.416 e.